The minimum Gasteiger partial charge on any atom is -0.508 e. The minimum atomic E-state index is 0.439. The maximum Gasteiger partial charge on any atom is 0.118 e. The Hall–Kier alpha value is -3.72. The molecule has 2 heterocycles. The lowest BCUT2D eigenvalue weighted by molar-refractivity contribution is 0.466. The minimum absolute atomic E-state index is 0.439. The number of aromatic nitrogens is 2. The van der Waals surface area contributed by atoms with E-state index in [9.17, 15) is 5.11 Å². The molecule has 32 heavy (non-hydrogen) atoms. The van der Waals surface area contributed by atoms with Crippen LogP contribution in [-0.2, 0) is 6.42 Å². The lowest BCUT2D eigenvalue weighted by atomic mass is 10.1. The number of pyridine rings is 2. The quantitative estimate of drug-likeness (QED) is 0.303. The Labute approximate surface area is 190 Å². The van der Waals surface area contributed by atoms with Gasteiger partial charge in [-0.15, -0.1) is 0 Å². The number of hydrogen-bond donors (Lipinski definition) is 1. The summed E-state index contributed by atoms with van der Waals surface area (Å²) in [5.74, 6) is 0.439. The molecule has 5 aromatic rings. The van der Waals surface area contributed by atoms with Crippen LogP contribution in [0.3, 0.4) is 0 Å². The Kier molecular flexibility index (Phi) is 9.22. The van der Waals surface area contributed by atoms with Gasteiger partial charge in [-0.3, -0.25) is 9.97 Å². The molecule has 0 bridgehead atoms. The summed E-state index contributed by atoms with van der Waals surface area (Å²) in [4.78, 5) is 8.36. The van der Waals surface area contributed by atoms with E-state index in [2.05, 4.69) is 41.2 Å². The van der Waals surface area contributed by atoms with Gasteiger partial charge in [0.2, 0.25) is 0 Å². The summed E-state index contributed by atoms with van der Waals surface area (Å²) in [5.41, 5.74) is 3.20. The lowest BCUT2D eigenvalue weighted by Crippen LogP contribution is -1.85. The predicted molar refractivity (Wildman–Crippen MR) is 135 cm³/mol. The van der Waals surface area contributed by atoms with Crippen LogP contribution >= 0.6 is 0 Å². The van der Waals surface area contributed by atoms with Crippen molar-refractivity contribution in [2.24, 2.45) is 0 Å². The van der Waals surface area contributed by atoms with Gasteiger partial charge in [0.1, 0.15) is 5.75 Å². The Morgan fingerprint density at radius 1 is 0.594 bits per heavy atom. The van der Waals surface area contributed by atoms with Gasteiger partial charge >= 0.3 is 0 Å². The maximum atomic E-state index is 9.41. The Balaban J connectivity index is 0.000000136. The van der Waals surface area contributed by atoms with Crippen LogP contribution in [0.5, 0.6) is 5.75 Å². The Bertz CT molecular complexity index is 1020. The van der Waals surface area contributed by atoms with Crippen LogP contribution in [-0.4, -0.2) is 15.1 Å². The molecule has 3 heteroatoms. The SMILES string of the molecule is CCCCCc1ccccc1O.c1ccc2ncccc2c1.c1ccc2ncccc2c1. The van der Waals surface area contributed by atoms with Crippen LogP contribution in [0.4, 0.5) is 0 Å². The summed E-state index contributed by atoms with van der Waals surface area (Å²) in [7, 11) is 0. The Morgan fingerprint density at radius 3 is 1.62 bits per heavy atom. The van der Waals surface area contributed by atoms with Crippen molar-refractivity contribution in [1.29, 1.82) is 0 Å². The van der Waals surface area contributed by atoms with E-state index in [0.717, 1.165) is 23.0 Å². The number of benzene rings is 3. The zero-order valence-electron chi connectivity index (χ0n) is 18.6. The molecule has 5 rings (SSSR count). The summed E-state index contributed by atoms with van der Waals surface area (Å²) in [6.07, 6.45) is 8.27. The molecular weight excluding hydrogens is 392 g/mol. The van der Waals surface area contributed by atoms with E-state index in [1.165, 1.54) is 30.0 Å². The number of phenolic OH excluding ortho intramolecular Hbond substituents is 1. The smallest absolute Gasteiger partial charge is 0.118 e. The van der Waals surface area contributed by atoms with Gasteiger partial charge in [-0.1, -0.05) is 86.5 Å². The molecule has 162 valence electrons. The second-order valence-electron chi connectivity index (χ2n) is 7.48. The van der Waals surface area contributed by atoms with Crippen LogP contribution in [0.2, 0.25) is 0 Å². The number of phenols is 1. The fourth-order valence-electron chi connectivity index (χ4n) is 3.32. The van der Waals surface area contributed by atoms with Crippen LogP contribution < -0.4 is 0 Å². The molecule has 0 saturated carbocycles. The van der Waals surface area contributed by atoms with E-state index < -0.39 is 0 Å². The van der Waals surface area contributed by atoms with E-state index in [0.29, 0.717) is 5.75 Å². The van der Waals surface area contributed by atoms with E-state index in [1.807, 2.05) is 79.1 Å². The van der Waals surface area contributed by atoms with Crippen molar-refractivity contribution >= 4 is 21.8 Å². The highest BCUT2D eigenvalue weighted by Gasteiger charge is 1.97. The van der Waals surface area contributed by atoms with Gasteiger partial charge < -0.3 is 5.11 Å². The summed E-state index contributed by atoms with van der Waals surface area (Å²) >= 11 is 0. The van der Waals surface area contributed by atoms with Gasteiger partial charge in [0.15, 0.2) is 0 Å². The van der Waals surface area contributed by atoms with Crippen LogP contribution in [0.1, 0.15) is 31.7 Å². The molecule has 0 unspecified atom stereocenters. The van der Waals surface area contributed by atoms with E-state index in [1.54, 1.807) is 6.07 Å². The Morgan fingerprint density at radius 2 is 1.09 bits per heavy atom. The topological polar surface area (TPSA) is 46.0 Å². The largest absolute Gasteiger partial charge is 0.508 e. The molecule has 0 atom stereocenters. The van der Waals surface area contributed by atoms with Gasteiger partial charge in [0.05, 0.1) is 11.0 Å². The predicted octanol–water partition coefficient (Wildman–Crippen LogP) is 7.59. The molecule has 0 radical (unpaired) electrons. The van der Waals surface area contributed by atoms with E-state index >= 15 is 0 Å². The molecule has 2 aromatic heterocycles. The van der Waals surface area contributed by atoms with Gasteiger partial charge in [-0.2, -0.15) is 0 Å². The number of para-hydroxylation sites is 3. The first kappa shape index (κ1) is 23.0. The highest BCUT2D eigenvalue weighted by Crippen LogP contribution is 2.18. The van der Waals surface area contributed by atoms with Crippen molar-refractivity contribution in [3.05, 3.63) is 115 Å². The summed E-state index contributed by atoms with van der Waals surface area (Å²) in [5, 5.41) is 11.8. The number of hydrogen-bond acceptors (Lipinski definition) is 3. The van der Waals surface area contributed by atoms with Crippen molar-refractivity contribution in [2.75, 3.05) is 0 Å². The highest BCUT2D eigenvalue weighted by atomic mass is 16.3. The average molecular weight is 423 g/mol. The second-order valence-corrected chi connectivity index (χ2v) is 7.48. The molecule has 0 aliphatic rings. The van der Waals surface area contributed by atoms with E-state index in [-0.39, 0.29) is 0 Å². The van der Waals surface area contributed by atoms with Gasteiger partial charge in [0, 0.05) is 23.2 Å². The molecule has 0 spiro atoms. The average Bonchev–Trinajstić information content (AvgIpc) is 2.86. The zero-order valence-corrected chi connectivity index (χ0v) is 18.6. The lowest BCUT2D eigenvalue weighted by Gasteiger charge is -2.02. The van der Waals surface area contributed by atoms with Gasteiger partial charge in [-0.05, 0) is 48.7 Å². The van der Waals surface area contributed by atoms with Crippen molar-refractivity contribution in [2.45, 2.75) is 32.6 Å². The summed E-state index contributed by atoms with van der Waals surface area (Å²) < 4.78 is 0. The summed E-state index contributed by atoms with van der Waals surface area (Å²) in [6, 6.07) is 31.7. The number of fused-ring (bicyclic) bond motifs is 2. The monoisotopic (exact) mass is 422 g/mol. The number of unbranched alkanes of at least 4 members (excludes halogenated alkanes) is 2. The molecule has 0 amide bonds. The third-order valence-electron chi connectivity index (χ3n) is 5.07. The van der Waals surface area contributed by atoms with Crippen LogP contribution in [0, 0.1) is 0 Å². The standard InChI is InChI=1S/C11H16O.2C9H7N/c1-2-3-4-7-10-8-5-6-9-11(10)12;2*1-2-6-9-8(4-1)5-3-7-10-9/h5-6,8-9,12H,2-4,7H2,1H3;2*1-7H. The molecule has 0 aliphatic carbocycles. The normalized spacial score (nSPS) is 10.0. The number of nitrogens with zero attached hydrogens (tertiary/aromatic N) is 2. The molecule has 0 aliphatic heterocycles. The number of aryl methyl sites for hydroxylation is 1. The van der Waals surface area contributed by atoms with Crippen LogP contribution in [0.25, 0.3) is 21.8 Å². The van der Waals surface area contributed by atoms with Crippen LogP contribution in [0.15, 0.2) is 109 Å². The fraction of sp³-hybridized carbons (Fsp3) is 0.172. The fourth-order valence-corrected chi connectivity index (χ4v) is 3.32. The number of aromatic hydroxyl groups is 1. The van der Waals surface area contributed by atoms with Crippen molar-refractivity contribution in [3.8, 4) is 5.75 Å². The van der Waals surface area contributed by atoms with Crippen molar-refractivity contribution in [1.82, 2.24) is 9.97 Å². The maximum absolute atomic E-state index is 9.41. The zero-order chi connectivity index (χ0) is 22.4. The third-order valence-corrected chi connectivity index (χ3v) is 5.07. The van der Waals surface area contributed by atoms with Gasteiger partial charge in [-0.25, -0.2) is 0 Å². The molecule has 0 fully saturated rings. The first-order valence-electron chi connectivity index (χ1n) is 11.1. The van der Waals surface area contributed by atoms with Crippen molar-refractivity contribution < 1.29 is 5.11 Å². The van der Waals surface area contributed by atoms with Gasteiger partial charge in [0.25, 0.3) is 0 Å². The first-order valence-corrected chi connectivity index (χ1v) is 11.1. The number of rotatable bonds is 4. The highest BCUT2D eigenvalue weighted by molar-refractivity contribution is 5.78. The molecule has 3 aromatic carbocycles. The molecule has 1 N–H and O–H groups in total. The third kappa shape index (κ3) is 7.21. The molecule has 0 saturated heterocycles. The first-order chi connectivity index (χ1) is 15.8. The second kappa shape index (κ2) is 12.9. The summed E-state index contributed by atoms with van der Waals surface area (Å²) in [6.45, 7) is 2.19. The van der Waals surface area contributed by atoms with E-state index in [4.69, 9.17) is 0 Å². The molecular formula is C29H30N2O. The molecule has 3 nitrogen and oxygen atoms in total. The van der Waals surface area contributed by atoms with Crippen molar-refractivity contribution in [3.63, 3.8) is 0 Å².